The Hall–Kier alpha value is -3.47. The molecule has 4 rings (SSSR count). The van der Waals surface area contributed by atoms with Crippen molar-refractivity contribution in [2.24, 2.45) is 0 Å². The summed E-state index contributed by atoms with van der Waals surface area (Å²) in [5, 5.41) is 6.15. The molecule has 1 aliphatic heterocycles. The lowest BCUT2D eigenvalue weighted by Crippen LogP contribution is -2.37. The lowest BCUT2D eigenvalue weighted by atomic mass is 10.1. The van der Waals surface area contributed by atoms with Crippen LogP contribution < -0.4 is 15.5 Å². The number of anilines is 3. The standard InChI is InChI=1S/C21H22F3N7O/c22-21(23,24)16-5-3-4-15(12-16)13-26-18-28-19(27-14-17-6-1-2-7-25-17)30-20(29-18)31-8-10-32-11-9-31/h1-7,12H,8-11,13-14H2,(H2,26,27,28,29,30). The highest BCUT2D eigenvalue weighted by atomic mass is 19.4. The number of alkyl halides is 3. The van der Waals surface area contributed by atoms with Crippen LogP contribution in [0.1, 0.15) is 16.8 Å². The Bertz CT molecular complexity index is 1030. The first-order valence-corrected chi connectivity index (χ1v) is 10.1. The van der Waals surface area contributed by atoms with Gasteiger partial charge < -0.3 is 20.3 Å². The third-order valence-electron chi connectivity index (χ3n) is 4.78. The van der Waals surface area contributed by atoms with Crippen molar-refractivity contribution in [2.75, 3.05) is 41.8 Å². The van der Waals surface area contributed by atoms with E-state index in [0.717, 1.165) is 17.8 Å². The number of rotatable bonds is 7. The first kappa shape index (κ1) is 21.8. The van der Waals surface area contributed by atoms with Gasteiger partial charge in [0, 0.05) is 25.8 Å². The van der Waals surface area contributed by atoms with Gasteiger partial charge in [-0.2, -0.15) is 28.1 Å². The van der Waals surface area contributed by atoms with Crippen LogP contribution in [0.15, 0.2) is 48.7 Å². The fourth-order valence-corrected chi connectivity index (χ4v) is 3.14. The highest BCUT2D eigenvalue weighted by Crippen LogP contribution is 2.29. The molecule has 3 aromatic rings. The summed E-state index contributed by atoms with van der Waals surface area (Å²) in [4.78, 5) is 19.6. The number of halogens is 3. The van der Waals surface area contributed by atoms with Crippen LogP contribution >= 0.6 is 0 Å². The maximum atomic E-state index is 13.0. The van der Waals surface area contributed by atoms with Gasteiger partial charge >= 0.3 is 6.18 Å². The minimum Gasteiger partial charge on any atom is -0.378 e. The molecule has 168 valence electrons. The monoisotopic (exact) mass is 445 g/mol. The smallest absolute Gasteiger partial charge is 0.378 e. The Morgan fingerprint density at radius 2 is 1.66 bits per heavy atom. The van der Waals surface area contributed by atoms with Gasteiger partial charge in [0.25, 0.3) is 0 Å². The Morgan fingerprint density at radius 3 is 2.34 bits per heavy atom. The summed E-state index contributed by atoms with van der Waals surface area (Å²) >= 11 is 0. The van der Waals surface area contributed by atoms with Crippen molar-refractivity contribution in [3.8, 4) is 0 Å². The zero-order valence-electron chi connectivity index (χ0n) is 17.1. The molecule has 0 radical (unpaired) electrons. The molecule has 0 spiro atoms. The average Bonchev–Trinajstić information content (AvgIpc) is 2.82. The number of ether oxygens (including phenoxy) is 1. The minimum absolute atomic E-state index is 0.135. The molecule has 8 nitrogen and oxygen atoms in total. The summed E-state index contributed by atoms with van der Waals surface area (Å²) in [5.41, 5.74) is 0.592. The van der Waals surface area contributed by atoms with Crippen LogP contribution in [0.2, 0.25) is 0 Å². The maximum absolute atomic E-state index is 13.0. The largest absolute Gasteiger partial charge is 0.416 e. The third-order valence-corrected chi connectivity index (χ3v) is 4.78. The predicted octanol–water partition coefficient (Wildman–Crippen LogP) is 3.35. The average molecular weight is 445 g/mol. The number of benzene rings is 1. The molecule has 0 saturated carbocycles. The molecule has 0 unspecified atom stereocenters. The molecule has 0 bridgehead atoms. The van der Waals surface area contributed by atoms with Crippen molar-refractivity contribution in [1.82, 2.24) is 19.9 Å². The summed E-state index contributed by atoms with van der Waals surface area (Å²) in [6.07, 6.45) is -2.69. The van der Waals surface area contributed by atoms with E-state index in [1.165, 1.54) is 6.07 Å². The third kappa shape index (κ3) is 5.82. The molecule has 3 heterocycles. The van der Waals surface area contributed by atoms with E-state index in [-0.39, 0.29) is 12.5 Å². The number of nitrogens with zero attached hydrogens (tertiary/aromatic N) is 5. The Morgan fingerprint density at radius 1 is 0.906 bits per heavy atom. The fraction of sp³-hybridized carbons (Fsp3) is 0.333. The molecule has 2 aromatic heterocycles. The van der Waals surface area contributed by atoms with Gasteiger partial charge in [-0.25, -0.2) is 0 Å². The molecule has 0 aliphatic carbocycles. The van der Waals surface area contributed by atoms with E-state index in [0.29, 0.717) is 50.3 Å². The minimum atomic E-state index is -4.39. The Balaban J connectivity index is 1.52. The number of pyridine rings is 1. The molecule has 0 amide bonds. The zero-order valence-corrected chi connectivity index (χ0v) is 17.1. The highest BCUT2D eigenvalue weighted by Gasteiger charge is 2.30. The van der Waals surface area contributed by atoms with Crippen LogP contribution in [0.4, 0.5) is 31.0 Å². The number of morpholine rings is 1. The summed E-state index contributed by atoms with van der Waals surface area (Å²) in [6.45, 7) is 2.95. The normalized spacial score (nSPS) is 14.3. The SMILES string of the molecule is FC(F)(F)c1cccc(CNc2nc(NCc3ccccn3)nc(N3CCOCC3)n2)c1. The zero-order chi connectivity index (χ0) is 22.4. The van der Waals surface area contributed by atoms with Crippen LogP contribution in [0.25, 0.3) is 0 Å². The van der Waals surface area contributed by atoms with Crippen molar-refractivity contribution < 1.29 is 17.9 Å². The lowest BCUT2D eigenvalue weighted by Gasteiger charge is -2.27. The Kier molecular flexibility index (Phi) is 6.64. The second-order valence-corrected chi connectivity index (χ2v) is 7.11. The van der Waals surface area contributed by atoms with E-state index >= 15 is 0 Å². The van der Waals surface area contributed by atoms with E-state index in [2.05, 4.69) is 30.6 Å². The summed E-state index contributed by atoms with van der Waals surface area (Å²) in [7, 11) is 0. The fourth-order valence-electron chi connectivity index (χ4n) is 3.14. The molecule has 1 saturated heterocycles. The van der Waals surface area contributed by atoms with Crippen LogP contribution in [0.3, 0.4) is 0 Å². The van der Waals surface area contributed by atoms with Gasteiger partial charge in [0.05, 0.1) is 31.0 Å². The van der Waals surface area contributed by atoms with Crippen molar-refractivity contribution in [2.45, 2.75) is 19.3 Å². The van der Waals surface area contributed by atoms with Gasteiger partial charge in [0.15, 0.2) is 0 Å². The number of hydrogen-bond donors (Lipinski definition) is 2. The molecule has 1 aromatic carbocycles. The van der Waals surface area contributed by atoms with Gasteiger partial charge in [-0.05, 0) is 29.8 Å². The maximum Gasteiger partial charge on any atom is 0.416 e. The van der Waals surface area contributed by atoms with Crippen LogP contribution in [-0.2, 0) is 24.0 Å². The molecule has 11 heteroatoms. The van der Waals surface area contributed by atoms with Crippen molar-refractivity contribution in [3.63, 3.8) is 0 Å². The highest BCUT2D eigenvalue weighted by molar-refractivity contribution is 5.44. The molecule has 0 atom stereocenters. The molecule has 32 heavy (non-hydrogen) atoms. The second-order valence-electron chi connectivity index (χ2n) is 7.11. The van der Waals surface area contributed by atoms with Crippen LogP contribution in [-0.4, -0.2) is 46.2 Å². The molecule has 1 aliphatic rings. The molecular formula is C21H22F3N7O. The summed E-state index contributed by atoms with van der Waals surface area (Å²) < 4.78 is 44.3. The molecular weight excluding hydrogens is 423 g/mol. The topological polar surface area (TPSA) is 88.1 Å². The quantitative estimate of drug-likeness (QED) is 0.573. The van der Waals surface area contributed by atoms with E-state index < -0.39 is 11.7 Å². The van der Waals surface area contributed by atoms with Gasteiger partial charge in [-0.15, -0.1) is 0 Å². The molecule has 2 N–H and O–H groups in total. The summed E-state index contributed by atoms with van der Waals surface area (Å²) in [6, 6.07) is 10.7. The van der Waals surface area contributed by atoms with Crippen molar-refractivity contribution >= 4 is 17.8 Å². The first-order chi connectivity index (χ1) is 15.5. The van der Waals surface area contributed by atoms with E-state index in [1.54, 1.807) is 12.3 Å². The van der Waals surface area contributed by atoms with Gasteiger partial charge in [-0.1, -0.05) is 18.2 Å². The van der Waals surface area contributed by atoms with Crippen LogP contribution in [0.5, 0.6) is 0 Å². The van der Waals surface area contributed by atoms with Gasteiger partial charge in [-0.3, -0.25) is 4.98 Å². The van der Waals surface area contributed by atoms with Gasteiger partial charge in [0.2, 0.25) is 17.8 Å². The predicted molar refractivity (Wildman–Crippen MR) is 113 cm³/mol. The number of aromatic nitrogens is 4. The van der Waals surface area contributed by atoms with Crippen molar-refractivity contribution in [3.05, 3.63) is 65.5 Å². The van der Waals surface area contributed by atoms with E-state index in [9.17, 15) is 13.2 Å². The lowest BCUT2D eigenvalue weighted by molar-refractivity contribution is -0.137. The van der Waals surface area contributed by atoms with E-state index in [4.69, 9.17) is 4.74 Å². The second kappa shape index (κ2) is 9.77. The summed E-state index contributed by atoms with van der Waals surface area (Å²) in [5.74, 6) is 1.08. The first-order valence-electron chi connectivity index (χ1n) is 10.1. The van der Waals surface area contributed by atoms with Crippen LogP contribution in [0, 0.1) is 0 Å². The molecule has 1 fully saturated rings. The van der Waals surface area contributed by atoms with Gasteiger partial charge in [0.1, 0.15) is 0 Å². The Labute approximate surface area is 182 Å². The van der Waals surface area contributed by atoms with E-state index in [1.807, 2.05) is 23.1 Å². The number of hydrogen-bond acceptors (Lipinski definition) is 8. The van der Waals surface area contributed by atoms with Crippen molar-refractivity contribution in [1.29, 1.82) is 0 Å². The number of nitrogens with one attached hydrogen (secondary N) is 2.